The van der Waals surface area contributed by atoms with Crippen LogP contribution in [-0.2, 0) is 16.0 Å². The smallest absolute Gasteiger partial charge is 0.410 e. The van der Waals surface area contributed by atoms with Crippen LogP contribution in [0.5, 0.6) is 0 Å². The summed E-state index contributed by atoms with van der Waals surface area (Å²) in [5.74, 6) is 5.99. The fourth-order valence-electron chi connectivity index (χ4n) is 3.66. The molecule has 0 unspecified atom stereocenters. The molecule has 3 aromatic rings. The van der Waals surface area contributed by atoms with Crippen molar-refractivity contribution < 1.29 is 19.4 Å². The van der Waals surface area contributed by atoms with E-state index >= 15 is 0 Å². The second kappa shape index (κ2) is 8.93. The van der Waals surface area contributed by atoms with Gasteiger partial charge in [-0.05, 0) is 38.8 Å². The van der Waals surface area contributed by atoms with E-state index in [1.54, 1.807) is 46.3 Å². The number of rotatable bonds is 4. The van der Waals surface area contributed by atoms with Gasteiger partial charge in [-0.2, -0.15) is 0 Å². The molecule has 0 spiro atoms. The number of methoxy groups -OCH3 is 1. The molecule has 4 heterocycles. The maximum Gasteiger partial charge on any atom is 0.410 e. The van der Waals surface area contributed by atoms with Gasteiger partial charge < -0.3 is 29.8 Å². The molecule has 0 saturated carbocycles. The Bertz CT molecular complexity index is 1280. The van der Waals surface area contributed by atoms with Gasteiger partial charge in [0.15, 0.2) is 5.60 Å². The summed E-state index contributed by atoms with van der Waals surface area (Å²) in [5, 5.41) is 11.6. The number of pyridine rings is 1. The molecule has 10 heteroatoms. The van der Waals surface area contributed by atoms with Crippen LogP contribution in [0.15, 0.2) is 30.7 Å². The molecule has 0 aliphatic carbocycles. The van der Waals surface area contributed by atoms with Crippen molar-refractivity contribution in [3.63, 3.8) is 0 Å². The molecule has 178 valence electrons. The summed E-state index contributed by atoms with van der Waals surface area (Å²) >= 11 is 0. The Morgan fingerprint density at radius 2 is 2.09 bits per heavy atom. The van der Waals surface area contributed by atoms with E-state index in [9.17, 15) is 9.90 Å². The van der Waals surface area contributed by atoms with Crippen molar-refractivity contribution in [2.75, 3.05) is 32.5 Å². The lowest BCUT2D eigenvalue weighted by Crippen LogP contribution is -2.63. The van der Waals surface area contributed by atoms with Crippen molar-refractivity contribution in [3.8, 4) is 23.1 Å². The van der Waals surface area contributed by atoms with Gasteiger partial charge in [0.1, 0.15) is 11.3 Å². The van der Waals surface area contributed by atoms with Gasteiger partial charge in [0.2, 0.25) is 5.95 Å². The summed E-state index contributed by atoms with van der Waals surface area (Å²) in [6.07, 6.45) is 4.86. The Morgan fingerprint density at radius 1 is 1.32 bits per heavy atom. The molecule has 1 amide bonds. The zero-order chi connectivity index (χ0) is 24.5. The predicted octanol–water partition coefficient (Wildman–Crippen LogP) is 2.06. The summed E-state index contributed by atoms with van der Waals surface area (Å²) in [6, 6.07) is 3.65. The monoisotopic (exact) mass is 464 g/mol. The third-order valence-electron chi connectivity index (χ3n) is 5.23. The maximum absolute atomic E-state index is 12.1. The van der Waals surface area contributed by atoms with Crippen LogP contribution in [0.3, 0.4) is 0 Å². The molecule has 10 nitrogen and oxygen atoms in total. The first-order chi connectivity index (χ1) is 16.1. The number of hydrogen-bond donors (Lipinski definition) is 2. The van der Waals surface area contributed by atoms with Crippen LogP contribution in [-0.4, -0.2) is 73.6 Å². The fourth-order valence-corrected chi connectivity index (χ4v) is 3.66. The molecule has 0 atom stereocenters. The van der Waals surface area contributed by atoms with Gasteiger partial charge in [0, 0.05) is 37.0 Å². The van der Waals surface area contributed by atoms with Gasteiger partial charge in [0.25, 0.3) is 0 Å². The van der Waals surface area contributed by atoms with Crippen molar-refractivity contribution in [1.29, 1.82) is 0 Å². The number of aromatic nitrogens is 4. The fraction of sp³-hybridized carbons (Fsp3) is 0.417. The number of hydrogen-bond acceptors (Lipinski definition) is 8. The lowest BCUT2D eigenvalue weighted by molar-refractivity contribution is -0.0637. The summed E-state index contributed by atoms with van der Waals surface area (Å²) < 4.78 is 12.6. The van der Waals surface area contributed by atoms with Gasteiger partial charge in [-0.15, -0.1) is 0 Å². The molecule has 3 N–H and O–H groups in total. The Kier molecular flexibility index (Phi) is 6.17. The number of anilines is 1. The van der Waals surface area contributed by atoms with E-state index < -0.39 is 17.3 Å². The maximum atomic E-state index is 12.1. The number of nitrogens with two attached hydrogens (primary N) is 1. The summed E-state index contributed by atoms with van der Waals surface area (Å²) in [5.41, 5.74) is 6.83. The van der Waals surface area contributed by atoms with Gasteiger partial charge in [-0.25, -0.2) is 19.7 Å². The average molecular weight is 465 g/mol. The largest absolute Gasteiger partial charge is 0.444 e. The van der Waals surface area contributed by atoms with Crippen LogP contribution in [0.4, 0.5) is 10.7 Å². The molecule has 0 aromatic carbocycles. The minimum atomic E-state index is -1.30. The van der Waals surface area contributed by atoms with Crippen molar-refractivity contribution in [2.45, 2.75) is 38.5 Å². The summed E-state index contributed by atoms with van der Waals surface area (Å²) in [6.45, 7) is 6.73. The number of nitrogens with zero attached hydrogens (tertiary/aromatic N) is 5. The Labute approximate surface area is 197 Å². The first-order valence-corrected chi connectivity index (χ1v) is 10.9. The number of amides is 1. The standard InChI is InChI=1S/C24H28N6O4/c1-23(2,3)34-22(31)30-14-24(32,15-30)7-5-16-11-17-18(19-6-8-26-21(25)28-19)13-29(9-10-33-4)20(17)12-27-16/h6,8,11-13,32H,9-10,14-15H2,1-4H3,(H2,25,26,28). The third-order valence-corrected chi connectivity index (χ3v) is 5.23. The number of likely N-dealkylation sites (tertiary alicyclic amines) is 1. The summed E-state index contributed by atoms with van der Waals surface area (Å²) in [7, 11) is 1.65. The van der Waals surface area contributed by atoms with Crippen LogP contribution in [0.2, 0.25) is 0 Å². The Hall–Kier alpha value is -3.68. The van der Waals surface area contributed by atoms with Crippen molar-refractivity contribution in [1.82, 2.24) is 24.4 Å². The predicted molar refractivity (Wildman–Crippen MR) is 127 cm³/mol. The minimum Gasteiger partial charge on any atom is -0.444 e. The highest BCUT2D eigenvalue weighted by Crippen LogP contribution is 2.30. The van der Waals surface area contributed by atoms with Gasteiger partial charge in [-0.1, -0.05) is 5.92 Å². The molecule has 1 saturated heterocycles. The Balaban J connectivity index is 1.60. The number of β-amino-alcohol motifs (C(OH)–C–C–N with tert-alkyl or cyclic N) is 1. The first-order valence-electron chi connectivity index (χ1n) is 10.9. The number of aliphatic hydroxyl groups is 1. The molecular weight excluding hydrogens is 436 g/mol. The van der Waals surface area contributed by atoms with E-state index in [-0.39, 0.29) is 19.0 Å². The van der Waals surface area contributed by atoms with E-state index in [2.05, 4.69) is 26.8 Å². The Morgan fingerprint density at radius 3 is 2.76 bits per heavy atom. The normalized spacial score (nSPS) is 14.9. The van der Waals surface area contributed by atoms with E-state index in [0.29, 0.717) is 24.5 Å². The second-order valence-electron chi connectivity index (χ2n) is 9.23. The number of carbonyl (C=O) groups excluding carboxylic acids is 1. The highest BCUT2D eigenvalue weighted by Gasteiger charge is 2.44. The third kappa shape index (κ3) is 5.11. The van der Waals surface area contributed by atoms with Crippen molar-refractivity contribution in [3.05, 3.63) is 36.4 Å². The van der Waals surface area contributed by atoms with Crippen LogP contribution in [0.1, 0.15) is 26.5 Å². The van der Waals surface area contributed by atoms with E-state index in [0.717, 1.165) is 16.5 Å². The SMILES string of the molecule is COCCn1cc(-c2ccnc(N)n2)c2cc(C#CC3(O)CN(C(=O)OC(C)(C)C)C3)ncc21. The van der Waals surface area contributed by atoms with Crippen molar-refractivity contribution >= 4 is 22.9 Å². The highest BCUT2D eigenvalue weighted by molar-refractivity contribution is 5.95. The quantitative estimate of drug-likeness (QED) is 0.562. The highest BCUT2D eigenvalue weighted by atomic mass is 16.6. The van der Waals surface area contributed by atoms with Crippen LogP contribution < -0.4 is 5.73 Å². The average Bonchev–Trinajstić information content (AvgIpc) is 3.11. The zero-order valence-corrected chi connectivity index (χ0v) is 19.7. The summed E-state index contributed by atoms with van der Waals surface area (Å²) in [4.78, 5) is 26.3. The van der Waals surface area contributed by atoms with Crippen LogP contribution in [0.25, 0.3) is 22.2 Å². The lowest BCUT2D eigenvalue weighted by Gasteiger charge is -2.43. The second-order valence-corrected chi connectivity index (χ2v) is 9.23. The zero-order valence-electron chi connectivity index (χ0n) is 19.7. The number of nitrogen functional groups attached to an aromatic ring is 1. The molecule has 1 aliphatic heterocycles. The number of fused-ring (bicyclic) bond motifs is 1. The molecule has 1 fully saturated rings. The van der Waals surface area contributed by atoms with E-state index in [1.807, 2.05) is 16.8 Å². The number of ether oxygens (including phenoxy) is 2. The van der Waals surface area contributed by atoms with Crippen LogP contribution >= 0.6 is 0 Å². The minimum absolute atomic E-state index is 0.0794. The van der Waals surface area contributed by atoms with Gasteiger partial charge in [0.05, 0.1) is 37.1 Å². The lowest BCUT2D eigenvalue weighted by atomic mass is 9.95. The van der Waals surface area contributed by atoms with Gasteiger partial charge >= 0.3 is 6.09 Å². The topological polar surface area (TPSA) is 129 Å². The molecule has 4 rings (SSSR count). The van der Waals surface area contributed by atoms with Crippen molar-refractivity contribution in [2.24, 2.45) is 0 Å². The van der Waals surface area contributed by atoms with Crippen LogP contribution in [0, 0.1) is 11.8 Å². The molecule has 3 aromatic heterocycles. The number of carbonyl (C=O) groups is 1. The van der Waals surface area contributed by atoms with Gasteiger partial charge in [-0.3, -0.25) is 0 Å². The first kappa shape index (κ1) is 23.5. The molecule has 0 bridgehead atoms. The molecular formula is C24H28N6O4. The van der Waals surface area contributed by atoms with E-state index in [4.69, 9.17) is 15.2 Å². The van der Waals surface area contributed by atoms with E-state index in [1.165, 1.54) is 4.90 Å². The molecule has 0 radical (unpaired) electrons. The molecule has 34 heavy (non-hydrogen) atoms. The molecule has 1 aliphatic rings.